The highest BCUT2D eigenvalue weighted by molar-refractivity contribution is 7.80. The van der Waals surface area contributed by atoms with E-state index in [-0.39, 0.29) is 0 Å². The van der Waals surface area contributed by atoms with Gasteiger partial charge in [-0.1, -0.05) is 18.2 Å². The second-order valence-corrected chi connectivity index (χ2v) is 3.05. The topological polar surface area (TPSA) is 25.7 Å². The van der Waals surface area contributed by atoms with Gasteiger partial charge in [0.25, 0.3) is 0 Å². The summed E-state index contributed by atoms with van der Waals surface area (Å²) in [5.41, 5.74) is 3.93. The van der Waals surface area contributed by atoms with Crippen LogP contribution in [0.2, 0.25) is 0 Å². The van der Waals surface area contributed by atoms with Gasteiger partial charge >= 0.3 is 0 Å². The molecule has 2 rings (SSSR count). The largest absolute Gasteiger partial charge is 0.349 e. The summed E-state index contributed by atoms with van der Waals surface area (Å²) in [5.74, 6) is 0. The fraction of sp³-hybridized carbons (Fsp3) is 0.125. The van der Waals surface area contributed by atoms with E-state index < -0.39 is 0 Å². The molecule has 1 heterocycles. The lowest BCUT2D eigenvalue weighted by atomic mass is 10.3. The second kappa shape index (κ2) is 3.18. The van der Waals surface area contributed by atoms with E-state index in [9.17, 15) is 0 Å². The van der Waals surface area contributed by atoms with Crippen molar-refractivity contribution in [2.75, 3.05) is 6.54 Å². The van der Waals surface area contributed by atoms with E-state index in [1.54, 1.807) is 0 Å². The second-order valence-electron chi connectivity index (χ2n) is 2.60. The van der Waals surface area contributed by atoms with Crippen molar-refractivity contribution in [3.8, 4) is 0 Å². The maximum Gasteiger partial charge on any atom is 0.250 e. The molecule has 0 saturated carbocycles. The molecule has 1 fully saturated rings. The third-order valence-corrected chi connectivity index (χ3v) is 1.96. The molecule has 4 heteroatoms. The summed E-state index contributed by atoms with van der Waals surface area (Å²) >= 11 is 4.89. The Kier molecular flexibility index (Phi) is 2.03. The maximum atomic E-state index is 4.96. The molecule has 1 saturated heterocycles. The highest BCUT2D eigenvalue weighted by Gasteiger charge is 2.23. The number of hydrogen-bond acceptors (Lipinski definition) is 3. The standard InChI is InChI=1S/C8H8N2OS/c12-8-6-10(9-11-8)7-4-2-1-3-5-7/h1-5,9H,6H2/p+1. The van der Waals surface area contributed by atoms with Gasteiger partial charge in [-0.25, -0.2) is 0 Å². The summed E-state index contributed by atoms with van der Waals surface area (Å²) in [6.45, 7) is 0.708. The predicted octanol–water partition coefficient (Wildman–Crippen LogP) is -0.0198. The first-order valence-electron chi connectivity index (χ1n) is 3.73. The average Bonchev–Trinajstić information content (AvgIpc) is 2.54. The summed E-state index contributed by atoms with van der Waals surface area (Å²) in [5, 5.41) is 1.65. The van der Waals surface area contributed by atoms with Gasteiger partial charge in [0.2, 0.25) is 5.05 Å². The Labute approximate surface area is 75.9 Å². The van der Waals surface area contributed by atoms with Gasteiger partial charge in [0.1, 0.15) is 0 Å². The highest BCUT2D eigenvalue weighted by atomic mass is 32.1. The average molecular weight is 181 g/mol. The Morgan fingerprint density at radius 1 is 1.33 bits per heavy atom. The van der Waals surface area contributed by atoms with Gasteiger partial charge in [0.15, 0.2) is 12.2 Å². The Balaban J connectivity index is 2.16. The highest BCUT2D eigenvalue weighted by Crippen LogP contribution is 1.98. The van der Waals surface area contributed by atoms with Crippen molar-refractivity contribution in [3.05, 3.63) is 30.3 Å². The van der Waals surface area contributed by atoms with Crippen LogP contribution in [-0.2, 0) is 4.84 Å². The monoisotopic (exact) mass is 181 g/mol. The third-order valence-electron chi connectivity index (χ3n) is 1.73. The van der Waals surface area contributed by atoms with E-state index in [0.717, 1.165) is 10.7 Å². The van der Waals surface area contributed by atoms with Crippen LogP contribution in [0, 0.1) is 0 Å². The molecule has 0 bridgehead atoms. The third kappa shape index (κ3) is 1.45. The van der Waals surface area contributed by atoms with Crippen molar-refractivity contribution >= 4 is 23.0 Å². The van der Waals surface area contributed by atoms with Crippen molar-refractivity contribution in [1.29, 1.82) is 0 Å². The van der Waals surface area contributed by atoms with Crippen molar-refractivity contribution < 1.29 is 9.85 Å². The quantitative estimate of drug-likeness (QED) is 0.596. The van der Waals surface area contributed by atoms with E-state index in [4.69, 9.17) is 17.1 Å². The number of thiocarbonyl (C=S) groups is 1. The zero-order valence-corrected chi connectivity index (χ0v) is 7.23. The lowest BCUT2D eigenvalue weighted by Crippen LogP contribution is -3.11. The molecule has 1 aliphatic rings. The fourth-order valence-electron chi connectivity index (χ4n) is 1.14. The molecule has 1 unspecified atom stereocenters. The summed E-state index contributed by atoms with van der Waals surface area (Å²) in [7, 11) is 0. The first-order valence-corrected chi connectivity index (χ1v) is 4.14. The number of benzene rings is 1. The lowest BCUT2D eigenvalue weighted by molar-refractivity contribution is -0.884. The van der Waals surface area contributed by atoms with Crippen molar-refractivity contribution in [2.45, 2.75) is 0 Å². The van der Waals surface area contributed by atoms with Crippen LogP contribution >= 0.6 is 12.2 Å². The molecule has 0 aromatic heterocycles. The van der Waals surface area contributed by atoms with Crippen LogP contribution in [0.15, 0.2) is 30.3 Å². The molecule has 1 aromatic rings. The van der Waals surface area contributed by atoms with Crippen LogP contribution in [0.25, 0.3) is 0 Å². The predicted molar refractivity (Wildman–Crippen MR) is 48.8 cm³/mol. The van der Waals surface area contributed by atoms with Gasteiger partial charge in [-0.05, 0) is 12.2 Å². The maximum absolute atomic E-state index is 4.96. The molecular weight excluding hydrogens is 172 g/mol. The summed E-state index contributed by atoms with van der Waals surface area (Å²) in [6, 6.07) is 10.0. The van der Waals surface area contributed by atoms with Gasteiger partial charge in [0.05, 0.1) is 0 Å². The molecule has 0 amide bonds. The smallest absolute Gasteiger partial charge is 0.250 e. The van der Waals surface area contributed by atoms with Crippen LogP contribution in [0.3, 0.4) is 0 Å². The first kappa shape index (κ1) is 7.67. The Bertz CT molecular complexity index is 288. The molecule has 1 aliphatic heterocycles. The summed E-state index contributed by atoms with van der Waals surface area (Å²) in [6.07, 6.45) is 0. The Hall–Kier alpha value is -0.970. The van der Waals surface area contributed by atoms with Gasteiger partial charge in [-0.15, -0.1) is 0 Å². The van der Waals surface area contributed by atoms with Crippen LogP contribution in [-0.4, -0.2) is 11.6 Å². The number of rotatable bonds is 1. The molecular formula is C8H9N2OS+. The first-order chi connectivity index (χ1) is 5.86. The molecule has 2 N–H and O–H groups in total. The zero-order chi connectivity index (χ0) is 8.39. The minimum atomic E-state index is 0.605. The fourth-order valence-corrected chi connectivity index (χ4v) is 1.32. The van der Waals surface area contributed by atoms with Crippen LogP contribution in [0.1, 0.15) is 0 Å². The van der Waals surface area contributed by atoms with Gasteiger partial charge in [0, 0.05) is 17.7 Å². The van der Waals surface area contributed by atoms with E-state index in [0.29, 0.717) is 11.6 Å². The van der Waals surface area contributed by atoms with Crippen LogP contribution in [0.4, 0.5) is 5.69 Å². The SMILES string of the molecule is S=C1C[NH+](c2ccccc2)NO1. The van der Waals surface area contributed by atoms with Crippen LogP contribution < -0.4 is 10.6 Å². The molecule has 1 atom stereocenters. The summed E-state index contributed by atoms with van der Waals surface area (Å²) < 4.78 is 0. The molecule has 1 aromatic carbocycles. The molecule has 0 aliphatic carbocycles. The lowest BCUT2D eigenvalue weighted by Gasteiger charge is -2.05. The van der Waals surface area contributed by atoms with Crippen molar-refractivity contribution in [3.63, 3.8) is 0 Å². The minimum absolute atomic E-state index is 0.605. The van der Waals surface area contributed by atoms with Gasteiger partial charge < -0.3 is 4.84 Å². The Morgan fingerprint density at radius 2 is 2.08 bits per heavy atom. The Morgan fingerprint density at radius 3 is 2.67 bits per heavy atom. The number of quaternary nitrogens is 1. The number of nitrogens with one attached hydrogen (secondary N) is 2. The summed E-state index contributed by atoms with van der Waals surface area (Å²) in [4.78, 5) is 4.96. The number of para-hydroxylation sites is 1. The molecule has 62 valence electrons. The van der Waals surface area contributed by atoms with Crippen molar-refractivity contribution in [2.24, 2.45) is 0 Å². The number of hydrogen-bond donors (Lipinski definition) is 2. The van der Waals surface area contributed by atoms with Crippen LogP contribution in [0.5, 0.6) is 0 Å². The normalized spacial score (nSPS) is 22.3. The van der Waals surface area contributed by atoms with Gasteiger partial charge in [-0.2, -0.15) is 5.01 Å². The zero-order valence-electron chi connectivity index (χ0n) is 6.41. The minimum Gasteiger partial charge on any atom is -0.349 e. The molecule has 3 nitrogen and oxygen atoms in total. The van der Waals surface area contributed by atoms with Gasteiger partial charge in [-0.3, -0.25) is 0 Å². The van der Waals surface area contributed by atoms with E-state index >= 15 is 0 Å². The molecule has 0 radical (unpaired) electrons. The van der Waals surface area contributed by atoms with E-state index in [2.05, 4.69) is 5.59 Å². The van der Waals surface area contributed by atoms with E-state index in [1.807, 2.05) is 30.3 Å². The molecule has 12 heavy (non-hydrogen) atoms. The van der Waals surface area contributed by atoms with Crippen molar-refractivity contribution in [1.82, 2.24) is 5.59 Å². The van der Waals surface area contributed by atoms with E-state index in [1.165, 1.54) is 0 Å². The molecule has 0 spiro atoms.